The van der Waals surface area contributed by atoms with Crippen molar-refractivity contribution in [3.05, 3.63) is 0 Å². The molecule has 1 heterocycles. The topological polar surface area (TPSA) is 58.6 Å². The van der Waals surface area contributed by atoms with E-state index in [4.69, 9.17) is 9.90 Å². The van der Waals surface area contributed by atoms with Gasteiger partial charge >= 0.3 is 12.1 Å². The summed E-state index contributed by atoms with van der Waals surface area (Å²) in [5.74, 6) is -5.44. The van der Waals surface area contributed by atoms with E-state index in [2.05, 4.69) is 10.1 Å². The van der Waals surface area contributed by atoms with E-state index < -0.39 is 24.2 Å². The van der Waals surface area contributed by atoms with Gasteiger partial charge in [-0.15, -0.1) is 0 Å². The lowest BCUT2D eigenvalue weighted by atomic mass is 10.1. The predicted octanol–water partition coefficient (Wildman–Crippen LogP) is 1.26. The number of carbonyl (C=O) groups is 1. The standard InChI is InChI=1S/C6H11F2NO.C2HF3O2/c1-10-5-2-3-9-4-6(5,7)8;3-2(4,5)1(6)7/h5,9H,2-4H2,1H3;(H,6,7). The summed E-state index contributed by atoms with van der Waals surface area (Å²) in [6, 6.07) is 0. The minimum Gasteiger partial charge on any atom is -0.475 e. The summed E-state index contributed by atoms with van der Waals surface area (Å²) >= 11 is 0. The summed E-state index contributed by atoms with van der Waals surface area (Å²) in [4.78, 5) is 8.90. The highest BCUT2D eigenvalue weighted by atomic mass is 19.4. The lowest BCUT2D eigenvalue weighted by Crippen LogP contribution is -2.50. The van der Waals surface area contributed by atoms with Gasteiger partial charge in [-0.2, -0.15) is 13.2 Å². The number of carboxylic acids is 1. The molecule has 102 valence electrons. The average molecular weight is 265 g/mol. The summed E-state index contributed by atoms with van der Waals surface area (Å²) in [5.41, 5.74) is 0. The molecule has 0 radical (unpaired) electrons. The molecule has 0 aliphatic carbocycles. The van der Waals surface area contributed by atoms with Gasteiger partial charge in [0.2, 0.25) is 0 Å². The average Bonchev–Trinajstić information content (AvgIpc) is 2.16. The zero-order valence-corrected chi connectivity index (χ0v) is 8.85. The predicted molar refractivity (Wildman–Crippen MR) is 46.9 cm³/mol. The first kappa shape index (κ1) is 16.0. The van der Waals surface area contributed by atoms with Gasteiger partial charge in [-0.3, -0.25) is 0 Å². The van der Waals surface area contributed by atoms with Crippen LogP contribution in [0.1, 0.15) is 6.42 Å². The van der Waals surface area contributed by atoms with Crippen LogP contribution < -0.4 is 5.32 Å². The second-order valence-corrected chi connectivity index (χ2v) is 3.25. The first-order valence-corrected chi connectivity index (χ1v) is 4.52. The Bertz CT molecular complexity index is 256. The number of halogens is 5. The van der Waals surface area contributed by atoms with Crippen LogP contribution in [0.25, 0.3) is 0 Å². The summed E-state index contributed by atoms with van der Waals surface area (Å²) < 4.78 is 61.7. The van der Waals surface area contributed by atoms with Crippen molar-refractivity contribution in [1.82, 2.24) is 5.32 Å². The van der Waals surface area contributed by atoms with Gasteiger partial charge in [0, 0.05) is 7.11 Å². The molecule has 0 aromatic carbocycles. The van der Waals surface area contributed by atoms with Crippen molar-refractivity contribution in [2.24, 2.45) is 0 Å². The summed E-state index contributed by atoms with van der Waals surface area (Å²) in [6.45, 7) is 0.361. The first-order chi connectivity index (χ1) is 7.61. The summed E-state index contributed by atoms with van der Waals surface area (Å²) in [5, 5.41) is 9.73. The van der Waals surface area contributed by atoms with E-state index in [0.29, 0.717) is 13.0 Å². The second-order valence-electron chi connectivity index (χ2n) is 3.25. The number of alkyl halides is 5. The molecule has 2 N–H and O–H groups in total. The van der Waals surface area contributed by atoms with Crippen LogP contribution in [0, 0.1) is 0 Å². The highest BCUT2D eigenvalue weighted by Gasteiger charge is 2.41. The molecular formula is C8H12F5NO3. The largest absolute Gasteiger partial charge is 0.490 e. The maximum absolute atomic E-state index is 12.7. The Balaban J connectivity index is 0.000000325. The Hall–Kier alpha value is -0.960. The molecule has 0 spiro atoms. The Morgan fingerprint density at radius 1 is 1.47 bits per heavy atom. The minimum absolute atomic E-state index is 0.258. The van der Waals surface area contributed by atoms with E-state index in [-0.39, 0.29) is 6.54 Å². The number of carboxylic acid groups (broad SMARTS) is 1. The van der Waals surface area contributed by atoms with Gasteiger partial charge in [0.05, 0.1) is 6.54 Å². The number of hydrogen-bond donors (Lipinski definition) is 2. The molecule has 0 aromatic rings. The molecule has 0 saturated carbocycles. The van der Waals surface area contributed by atoms with E-state index in [9.17, 15) is 22.0 Å². The number of rotatable bonds is 1. The quantitative estimate of drug-likeness (QED) is 0.701. The molecule has 0 amide bonds. The third kappa shape index (κ3) is 5.78. The molecule has 1 atom stereocenters. The normalized spacial score (nSPS) is 23.5. The maximum Gasteiger partial charge on any atom is 0.490 e. The Labute approximate surface area is 93.7 Å². The summed E-state index contributed by atoms with van der Waals surface area (Å²) in [7, 11) is 1.32. The van der Waals surface area contributed by atoms with Crippen molar-refractivity contribution in [3.63, 3.8) is 0 Å². The number of aliphatic carboxylic acids is 1. The van der Waals surface area contributed by atoms with Gasteiger partial charge in [0.25, 0.3) is 5.92 Å². The third-order valence-electron chi connectivity index (χ3n) is 1.94. The fourth-order valence-electron chi connectivity index (χ4n) is 1.10. The van der Waals surface area contributed by atoms with Gasteiger partial charge in [-0.05, 0) is 13.0 Å². The van der Waals surface area contributed by atoms with Crippen molar-refractivity contribution >= 4 is 5.97 Å². The highest BCUT2D eigenvalue weighted by molar-refractivity contribution is 5.73. The van der Waals surface area contributed by atoms with Gasteiger partial charge < -0.3 is 15.2 Å². The van der Waals surface area contributed by atoms with Crippen LogP contribution in [0.2, 0.25) is 0 Å². The lowest BCUT2D eigenvalue weighted by Gasteiger charge is -2.30. The number of piperidine rings is 1. The van der Waals surface area contributed by atoms with Crippen molar-refractivity contribution in [3.8, 4) is 0 Å². The molecule has 1 saturated heterocycles. The number of methoxy groups -OCH3 is 1. The van der Waals surface area contributed by atoms with Crippen molar-refractivity contribution in [1.29, 1.82) is 0 Å². The fraction of sp³-hybridized carbons (Fsp3) is 0.875. The SMILES string of the molecule is COC1CCNCC1(F)F.O=C(O)C(F)(F)F. The first-order valence-electron chi connectivity index (χ1n) is 4.52. The molecule has 1 aliphatic heterocycles. The van der Waals surface area contributed by atoms with Crippen LogP contribution in [0.5, 0.6) is 0 Å². The molecule has 9 heteroatoms. The number of hydrogen-bond acceptors (Lipinski definition) is 3. The van der Waals surface area contributed by atoms with E-state index in [1.165, 1.54) is 7.11 Å². The van der Waals surface area contributed by atoms with Gasteiger partial charge in [0.1, 0.15) is 6.10 Å². The minimum atomic E-state index is -5.08. The van der Waals surface area contributed by atoms with E-state index in [1.54, 1.807) is 0 Å². The molecule has 1 rings (SSSR count). The Morgan fingerprint density at radius 3 is 2.18 bits per heavy atom. The van der Waals surface area contributed by atoms with Crippen LogP contribution in [0.15, 0.2) is 0 Å². The molecule has 0 aromatic heterocycles. The molecule has 17 heavy (non-hydrogen) atoms. The molecule has 0 bridgehead atoms. The Kier molecular flexibility index (Phi) is 5.76. The second kappa shape index (κ2) is 6.10. The van der Waals surface area contributed by atoms with Crippen molar-refractivity contribution in [2.75, 3.05) is 20.2 Å². The summed E-state index contributed by atoms with van der Waals surface area (Å²) in [6.07, 6.45) is -5.59. The van der Waals surface area contributed by atoms with Crippen molar-refractivity contribution < 1.29 is 36.6 Å². The van der Waals surface area contributed by atoms with Gasteiger partial charge in [-0.1, -0.05) is 0 Å². The van der Waals surface area contributed by atoms with Crippen molar-refractivity contribution in [2.45, 2.75) is 24.6 Å². The molecular weight excluding hydrogens is 253 g/mol. The zero-order chi connectivity index (χ0) is 13.7. The third-order valence-corrected chi connectivity index (χ3v) is 1.94. The van der Waals surface area contributed by atoms with E-state index in [0.717, 1.165) is 0 Å². The molecule has 1 fully saturated rings. The molecule has 1 unspecified atom stereocenters. The van der Waals surface area contributed by atoms with Crippen LogP contribution in [-0.2, 0) is 9.53 Å². The maximum atomic E-state index is 12.7. The van der Waals surface area contributed by atoms with Gasteiger partial charge in [-0.25, -0.2) is 13.6 Å². The van der Waals surface area contributed by atoms with Crippen LogP contribution in [0.3, 0.4) is 0 Å². The smallest absolute Gasteiger partial charge is 0.475 e. The van der Waals surface area contributed by atoms with E-state index >= 15 is 0 Å². The van der Waals surface area contributed by atoms with Gasteiger partial charge in [0.15, 0.2) is 0 Å². The molecule has 1 aliphatic rings. The van der Waals surface area contributed by atoms with Crippen LogP contribution >= 0.6 is 0 Å². The lowest BCUT2D eigenvalue weighted by molar-refractivity contribution is -0.192. The van der Waals surface area contributed by atoms with Crippen LogP contribution in [0.4, 0.5) is 22.0 Å². The fourth-order valence-corrected chi connectivity index (χ4v) is 1.10. The monoisotopic (exact) mass is 265 g/mol. The van der Waals surface area contributed by atoms with E-state index in [1.807, 2.05) is 0 Å². The number of nitrogens with one attached hydrogen (secondary N) is 1. The highest BCUT2D eigenvalue weighted by Crippen LogP contribution is 2.24. The van der Waals surface area contributed by atoms with Crippen LogP contribution in [-0.4, -0.2) is 49.5 Å². The number of ether oxygens (including phenoxy) is 1. The Morgan fingerprint density at radius 2 is 1.94 bits per heavy atom. The molecule has 4 nitrogen and oxygen atoms in total. The zero-order valence-electron chi connectivity index (χ0n) is 8.85.